The van der Waals surface area contributed by atoms with Gasteiger partial charge >= 0.3 is 0 Å². The van der Waals surface area contributed by atoms with Gasteiger partial charge in [-0.15, -0.1) is 0 Å². The Bertz CT molecular complexity index is 759. The van der Waals surface area contributed by atoms with Crippen molar-refractivity contribution in [2.75, 3.05) is 26.2 Å². The molecule has 0 spiro atoms. The number of rotatable bonds is 7. The third-order valence-electron chi connectivity index (χ3n) is 4.96. The normalized spacial score (nSPS) is 15.9. The molecule has 4 nitrogen and oxygen atoms in total. The summed E-state index contributed by atoms with van der Waals surface area (Å²) in [5, 5.41) is 3.85. The van der Waals surface area contributed by atoms with Crippen LogP contribution in [0.25, 0.3) is 0 Å². The molecule has 2 aromatic rings. The molecule has 0 unspecified atom stereocenters. The van der Waals surface area contributed by atoms with Crippen molar-refractivity contribution in [3.8, 4) is 5.75 Å². The third kappa shape index (κ3) is 5.24. The van der Waals surface area contributed by atoms with Gasteiger partial charge < -0.3 is 10.1 Å². The van der Waals surface area contributed by atoms with E-state index in [9.17, 15) is 4.79 Å². The molecule has 1 atom stereocenters. The highest BCUT2D eigenvalue weighted by molar-refractivity contribution is 6.31. The van der Waals surface area contributed by atoms with Gasteiger partial charge in [0.1, 0.15) is 5.75 Å². The van der Waals surface area contributed by atoms with Crippen LogP contribution in [0.2, 0.25) is 5.02 Å². The van der Waals surface area contributed by atoms with Crippen LogP contribution in [0, 0.1) is 0 Å². The molecule has 0 bridgehead atoms. The molecule has 0 aliphatic carbocycles. The van der Waals surface area contributed by atoms with Crippen molar-refractivity contribution in [2.45, 2.75) is 32.2 Å². The van der Waals surface area contributed by atoms with Gasteiger partial charge in [0.25, 0.3) is 5.91 Å². The largest absolute Gasteiger partial charge is 0.494 e. The Labute approximate surface area is 166 Å². The lowest BCUT2D eigenvalue weighted by atomic mass is 10.0. The first kappa shape index (κ1) is 19.7. The molecule has 1 aliphatic heterocycles. The number of likely N-dealkylation sites (tertiary alicyclic amines) is 1. The summed E-state index contributed by atoms with van der Waals surface area (Å²) >= 11 is 6.47. The van der Waals surface area contributed by atoms with E-state index in [1.807, 2.05) is 43.3 Å². The van der Waals surface area contributed by atoms with Crippen LogP contribution in [0.1, 0.15) is 48.1 Å². The lowest BCUT2D eigenvalue weighted by Gasteiger charge is -2.35. The minimum Gasteiger partial charge on any atom is -0.494 e. The summed E-state index contributed by atoms with van der Waals surface area (Å²) in [7, 11) is 0. The highest BCUT2D eigenvalue weighted by Gasteiger charge is 2.24. The monoisotopic (exact) mass is 386 g/mol. The van der Waals surface area contributed by atoms with E-state index < -0.39 is 0 Å². The predicted octanol–water partition coefficient (Wildman–Crippen LogP) is 4.70. The smallest absolute Gasteiger partial charge is 0.251 e. The summed E-state index contributed by atoms with van der Waals surface area (Å²) in [4.78, 5) is 15.1. The Morgan fingerprint density at radius 1 is 1.15 bits per heavy atom. The number of ether oxygens (including phenoxy) is 1. The molecule has 0 saturated carbocycles. The molecule has 1 amide bonds. The van der Waals surface area contributed by atoms with E-state index in [0.29, 0.717) is 24.5 Å². The molecule has 1 aliphatic rings. The van der Waals surface area contributed by atoms with Crippen molar-refractivity contribution >= 4 is 17.5 Å². The fourth-order valence-electron chi connectivity index (χ4n) is 3.60. The molecule has 1 fully saturated rings. The van der Waals surface area contributed by atoms with E-state index in [2.05, 4.69) is 16.3 Å². The molecule has 0 aromatic heterocycles. The number of halogens is 1. The standard InChI is InChI=1S/C22H27ClN2O2/c1-2-27-18-10-8-9-17(15-18)22(26)24-16-21(25-13-6-3-7-14-25)19-11-4-5-12-20(19)23/h4-5,8-12,15,21H,2-3,6-7,13-14,16H2,1H3,(H,24,26)/t21-/m1/s1. The summed E-state index contributed by atoms with van der Waals surface area (Å²) in [6.07, 6.45) is 3.64. The van der Waals surface area contributed by atoms with Crippen LogP contribution < -0.4 is 10.1 Å². The second-order valence-corrected chi connectivity index (χ2v) is 7.21. The maximum Gasteiger partial charge on any atom is 0.251 e. The average Bonchev–Trinajstić information content (AvgIpc) is 2.70. The zero-order valence-corrected chi connectivity index (χ0v) is 16.5. The van der Waals surface area contributed by atoms with E-state index in [1.165, 1.54) is 19.3 Å². The van der Waals surface area contributed by atoms with Crippen LogP contribution in [0.4, 0.5) is 0 Å². The Balaban J connectivity index is 1.73. The number of piperidine rings is 1. The zero-order chi connectivity index (χ0) is 19.1. The van der Waals surface area contributed by atoms with Crippen molar-refractivity contribution in [3.63, 3.8) is 0 Å². The molecule has 5 heteroatoms. The van der Waals surface area contributed by atoms with Gasteiger partial charge in [-0.2, -0.15) is 0 Å². The van der Waals surface area contributed by atoms with Gasteiger partial charge in [0, 0.05) is 17.1 Å². The van der Waals surface area contributed by atoms with Gasteiger partial charge in [0.15, 0.2) is 0 Å². The van der Waals surface area contributed by atoms with E-state index in [-0.39, 0.29) is 11.9 Å². The Morgan fingerprint density at radius 2 is 1.93 bits per heavy atom. The van der Waals surface area contributed by atoms with Gasteiger partial charge in [-0.1, -0.05) is 42.3 Å². The first-order chi connectivity index (χ1) is 13.2. The van der Waals surface area contributed by atoms with Gasteiger partial charge in [-0.05, 0) is 62.7 Å². The molecule has 27 heavy (non-hydrogen) atoms. The highest BCUT2D eigenvalue weighted by atomic mass is 35.5. The van der Waals surface area contributed by atoms with Crippen LogP contribution in [0.5, 0.6) is 5.75 Å². The molecule has 2 aromatic carbocycles. The summed E-state index contributed by atoms with van der Waals surface area (Å²) in [6.45, 7) is 5.10. The van der Waals surface area contributed by atoms with E-state index >= 15 is 0 Å². The first-order valence-corrected chi connectivity index (χ1v) is 10.1. The summed E-state index contributed by atoms with van der Waals surface area (Å²) in [5.74, 6) is 0.620. The van der Waals surface area contributed by atoms with Gasteiger partial charge in [-0.25, -0.2) is 0 Å². The summed E-state index contributed by atoms with van der Waals surface area (Å²) in [6, 6.07) is 15.3. The predicted molar refractivity (Wildman–Crippen MR) is 110 cm³/mol. The topological polar surface area (TPSA) is 41.6 Å². The summed E-state index contributed by atoms with van der Waals surface area (Å²) < 4.78 is 5.50. The highest BCUT2D eigenvalue weighted by Crippen LogP contribution is 2.29. The van der Waals surface area contributed by atoms with E-state index in [0.717, 1.165) is 23.7 Å². The van der Waals surface area contributed by atoms with Crippen LogP contribution in [-0.2, 0) is 0 Å². The molecule has 1 N–H and O–H groups in total. The van der Waals surface area contributed by atoms with Crippen LogP contribution in [0.3, 0.4) is 0 Å². The van der Waals surface area contributed by atoms with Gasteiger partial charge in [-0.3, -0.25) is 9.69 Å². The number of hydrogen-bond donors (Lipinski definition) is 1. The quantitative estimate of drug-likeness (QED) is 0.750. The molecule has 1 heterocycles. The van der Waals surface area contributed by atoms with Crippen molar-refractivity contribution in [2.24, 2.45) is 0 Å². The van der Waals surface area contributed by atoms with Gasteiger partial charge in [0.05, 0.1) is 12.6 Å². The number of amides is 1. The van der Waals surface area contributed by atoms with Crippen molar-refractivity contribution in [3.05, 3.63) is 64.7 Å². The minimum absolute atomic E-state index is 0.0815. The van der Waals surface area contributed by atoms with E-state index in [1.54, 1.807) is 6.07 Å². The second kappa shape index (κ2) is 9.77. The number of carbonyl (C=O) groups is 1. The number of carbonyl (C=O) groups excluding carboxylic acids is 1. The average molecular weight is 387 g/mol. The second-order valence-electron chi connectivity index (χ2n) is 6.80. The molecular weight excluding hydrogens is 360 g/mol. The Hall–Kier alpha value is -2.04. The fourth-order valence-corrected chi connectivity index (χ4v) is 3.86. The van der Waals surface area contributed by atoms with Crippen molar-refractivity contribution in [1.82, 2.24) is 10.2 Å². The molecule has 0 radical (unpaired) electrons. The zero-order valence-electron chi connectivity index (χ0n) is 15.8. The molecule has 1 saturated heterocycles. The SMILES string of the molecule is CCOc1cccc(C(=O)NC[C@H](c2ccccc2Cl)N2CCCCC2)c1. The van der Waals surface area contributed by atoms with Crippen molar-refractivity contribution < 1.29 is 9.53 Å². The fraction of sp³-hybridized carbons (Fsp3) is 0.409. The van der Waals surface area contributed by atoms with Crippen LogP contribution in [0.15, 0.2) is 48.5 Å². The molecular formula is C22H27ClN2O2. The summed E-state index contributed by atoms with van der Waals surface area (Å²) in [5.41, 5.74) is 1.68. The maximum absolute atomic E-state index is 12.7. The third-order valence-corrected chi connectivity index (χ3v) is 5.30. The van der Waals surface area contributed by atoms with Crippen LogP contribution in [-0.4, -0.2) is 37.0 Å². The maximum atomic E-state index is 12.7. The molecule has 3 rings (SSSR count). The lowest BCUT2D eigenvalue weighted by molar-refractivity contribution is 0.0924. The Morgan fingerprint density at radius 3 is 2.67 bits per heavy atom. The number of benzene rings is 2. The number of nitrogens with zero attached hydrogens (tertiary/aromatic N) is 1. The number of nitrogens with one attached hydrogen (secondary N) is 1. The molecule has 144 valence electrons. The van der Waals surface area contributed by atoms with Gasteiger partial charge in [0.2, 0.25) is 0 Å². The number of hydrogen-bond acceptors (Lipinski definition) is 3. The minimum atomic E-state index is -0.0920. The Kier molecular flexibility index (Phi) is 7.13. The van der Waals surface area contributed by atoms with Crippen molar-refractivity contribution in [1.29, 1.82) is 0 Å². The first-order valence-electron chi connectivity index (χ1n) is 9.68. The lowest BCUT2D eigenvalue weighted by Crippen LogP contribution is -2.40. The van der Waals surface area contributed by atoms with E-state index in [4.69, 9.17) is 16.3 Å². The van der Waals surface area contributed by atoms with Crippen LogP contribution >= 0.6 is 11.6 Å².